The molecule has 1 N–H and O–H groups in total. The van der Waals surface area contributed by atoms with Crippen LogP contribution in [0, 0.1) is 6.92 Å². The monoisotopic (exact) mass is 191 g/mol. The maximum atomic E-state index is 7.71. The van der Waals surface area contributed by atoms with Crippen LogP contribution in [-0.4, -0.2) is 11.9 Å². The molecule has 0 aromatic carbocycles. The highest BCUT2D eigenvalue weighted by Crippen LogP contribution is 2.06. The first-order valence-corrected chi connectivity index (χ1v) is 4.80. The Hall–Kier alpha value is -0.160. The average molecular weight is 191 g/mol. The van der Waals surface area contributed by atoms with Crippen LogP contribution in [0.25, 0.3) is 0 Å². The van der Waals surface area contributed by atoms with Crippen LogP contribution >= 0.6 is 0 Å². The van der Waals surface area contributed by atoms with Crippen LogP contribution in [0.1, 0.15) is 44.9 Å². The fourth-order valence-corrected chi connectivity index (χ4v) is 1.10. The van der Waals surface area contributed by atoms with Crippen molar-refractivity contribution in [2.75, 3.05) is 6.61 Å². The summed E-state index contributed by atoms with van der Waals surface area (Å²) in [6.07, 6.45) is 8.03. The van der Waals surface area contributed by atoms with Crippen molar-refractivity contribution in [1.29, 1.82) is 0 Å². The van der Waals surface area contributed by atoms with E-state index in [9.17, 15) is 0 Å². The third-order valence-corrected chi connectivity index (χ3v) is 1.81. The van der Waals surface area contributed by atoms with Crippen LogP contribution in [0.4, 0.5) is 0 Å². The van der Waals surface area contributed by atoms with Crippen LogP contribution in [0.2, 0.25) is 0 Å². The second-order valence-electron chi connectivity index (χ2n) is 2.94. The van der Waals surface area contributed by atoms with Crippen molar-refractivity contribution >= 4 is 0 Å². The normalized spacial score (nSPS) is 10.6. The first-order chi connectivity index (χ1) is 6.41. The van der Waals surface area contributed by atoms with Crippen molar-refractivity contribution < 1.29 is 20.2 Å². The fourth-order valence-electron chi connectivity index (χ4n) is 1.10. The highest BCUT2D eigenvalue weighted by molar-refractivity contribution is 4.46. The van der Waals surface area contributed by atoms with E-state index in [0.717, 1.165) is 19.3 Å². The van der Waals surface area contributed by atoms with E-state index in [1.807, 2.05) is 0 Å². The highest BCUT2D eigenvalue weighted by Gasteiger charge is 1.91. The maximum absolute atomic E-state index is 7.71. The molecule has 0 fully saturated rings. The zero-order valence-corrected chi connectivity index (χ0v) is 8.04. The van der Waals surface area contributed by atoms with Gasteiger partial charge in [0.15, 0.2) is 0 Å². The minimum absolute atomic E-state index is 0.454. The van der Waals surface area contributed by atoms with Gasteiger partial charge in [0.2, 0.25) is 0 Å². The fraction of sp³-hybridized carbons (Fsp3) is 0.889. The molecule has 0 unspecified atom stereocenters. The van der Waals surface area contributed by atoms with E-state index >= 15 is 0 Å². The lowest BCUT2D eigenvalue weighted by molar-refractivity contribution is -0.623. The summed E-state index contributed by atoms with van der Waals surface area (Å²) in [5, 5.41) is 14.8. The number of unbranched alkanes of at least 4 members (excludes halogenated alkanes) is 6. The lowest BCUT2D eigenvalue weighted by Gasteiger charge is -2.00. The zero-order valence-electron chi connectivity index (χ0n) is 8.04. The van der Waals surface area contributed by atoms with Crippen molar-refractivity contribution in [3.8, 4) is 0 Å². The second kappa shape index (κ2) is 11.8. The van der Waals surface area contributed by atoms with Crippen molar-refractivity contribution in [2.24, 2.45) is 0 Å². The molecular formula is C9H19O4. The summed E-state index contributed by atoms with van der Waals surface area (Å²) >= 11 is 0. The van der Waals surface area contributed by atoms with Gasteiger partial charge in [-0.2, -0.15) is 0 Å². The van der Waals surface area contributed by atoms with Crippen LogP contribution in [0.3, 0.4) is 0 Å². The number of hydrogen-bond donors (Lipinski definition) is 1. The minimum atomic E-state index is 0.454. The molecule has 0 bridgehead atoms. The van der Waals surface area contributed by atoms with E-state index in [0.29, 0.717) is 6.61 Å². The standard InChI is InChI=1S/C9H19O4/c1-2-3-4-5-6-7-8-9-11-13-12-10/h10H,1-9H2. The van der Waals surface area contributed by atoms with E-state index in [4.69, 9.17) is 5.26 Å². The van der Waals surface area contributed by atoms with Gasteiger partial charge in [-0.1, -0.05) is 45.4 Å². The molecule has 0 aromatic heterocycles. The topological polar surface area (TPSA) is 47.9 Å². The van der Waals surface area contributed by atoms with Crippen molar-refractivity contribution in [3.63, 3.8) is 0 Å². The van der Waals surface area contributed by atoms with Gasteiger partial charge in [-0.3, -0.25) is 0 Å². The van der Waals surface area contributed by atoms with Gasteiger partial charge in [-0.05, 0) is 16.5 Å². The van der Waals surface area contributed by atoms with Crippen LogP contribution in [0.5, 0.6) is 0 Å². The second-order valence-corrected chi connectivity index (χ2v) is 2.94. The van der Waals surface area contributed by atoms with Gasteiger partial charge in [0.25, 0.3) is 0 Å². The molecule has 0 aliphatic rings. The molecule has 0 saturated heterocycles. The maximum Gasteiger partial charge on any atom is 0.0854 e. The first kappa shape index (κ1) is 12.8. The van der Waals surface area contributed by atoms with E-state index in [-0.39, 0.29) is 0 Å². The molecule has 0 aliphatic heterocycles. The molecule has 4 heteroatoms. The van der Waals surface area contributed by atoms with Crippen molar-refractivity contribution in [2.45, 2.75) is 44.9 Å². The Labute approximate surface area is 79.6 Å². The molecule has 0 heterocycles. The van der Waals surface area contributed by atoms with Gasteiger partial charge >= 0.3 is 0 Å². The molecule has 4 nitrogen and oxygen atoms in total. The van der Waals surface area contributed by atoms with E-state index in [1.165, 1.54) is 25.7 Å². The van der Waals surface area contributed by atoms with Crippen molar-refractivity contribution in [1.82, 2.24) is 0 Å². The first-order valence-electron chi connectivity index (χ1n) is 4.80. The molecule has 0 amide bonds. The van der Waals surface area contributed by atoms with Gasteiger partial charge in [-0.25, -0.2) is 10.1 Å². The summed E-state index contributed by atoms with van der Waals surface area (Å²) < 4.78 is 0. The van der Waals surface area contributed by atoms with Gasteiger partial charge in [-0.15, -0.1) is 0 Å². The van der Waals surface area contributed by atoms with Gasteiger partial charge in [0.05, 0.1) is 6.61 Å². The highest BCUT2D eigenvalue weighted by atomic mass is 17.6. The molecule has 0 atom stereocenters. The predicted octanol–water partition coefficient (Wildman–Crippen LogP) is 2.90. The summed E-state index contributed by atoms with van der Waals surface area (Å²) in [7, 11) is 0. The molecular weight excluding hydrogens is 172 g/mol. The van der Waals surface area contributed by atoms with Crippen LogP contribution in [-0.2, 0) is 15.0 Å². The summed E-state index contributed by atoms with van der Waals surface area (Å²) in [4.78, 5) is 4.43. The van der Waals surface area contributed by atoms with Crippen molar-refractivity contribution in [3.05, 3.63) is 6.92 Å². The molecule has 79 valence electrons. The smallest absolute Gasteiger partial charge is 0.0854 e. The minimum Gasteiger partial charge on any atom is -0.219 e. The Morgan fingerprint density at radius 1 is 0.923 bits per heavy atom. The molecule has 0 aromatic rings. The van der Waals surface area contributed by atoms with Crippen LogP contribution in [0.15, 0.2) is 0 Å². The predicted molar refractivity (Wildman–Crippen MR) is 48.4 cm³/mol. The SMILES string of the molecule is [CH2]CCCCCCCCOOOO. The molecule has 0 aliphatic carbocycles. The molecule has 0 rings (SSSR count). The summed E-state index contributed by atoms with van der Waals surface area (Å²) in [5.74, 6) is 0. The Balaban J connectivity index is 2.76. The number of rotatable bonds is 10. The lowest BCUT2D eigenvalue weighted by Crippen LogP contribution is -1.95. The molecule has 13 heavy (non-hydrogen) atoms. The third kappa shape index (κ3) is 11.8. The van der Waals surface area contributed by atoms with E-state index in [1.54, 1.807) is 0 Å². The van der Waals surface area contributed by atoms with E-state index < -0.39 is 0 Å². The summed E-state index contributed by atoms with van der Waals surface area (Å²) in [6, 6.07) is 0. The summed E-state index contributed by atoms with van der Waals surface area (Å²) in [6.45, 7) is 4.23. The third-order valence-electron chi connectivity index (χ3n) is 1.81. The largest absolute Gasteiger partial charge is 0.219 e. The zero-order chi connectivity index (χ0) is 9.78. The van der Waals surface area contributed by atoms with Crippen LogP contribution < -0.4 is 0 Å². The Kier molecular flexibility index (Phi) is 11.7. The van der Waals surface area contributed by atoms with Gasteiger partial charge < -0.3 is 0 Å². The quantitative estimate of drug-likeness (QED) is 0.327. The number of hydrogen-bond acceptors (Lipinski definition) is 4. The average Bonchev–Trinajstić information content (AvgIpc) is 2.16. The Morgan fingerprint density at radius 2 is 1.54 bits per heavy atom. The van der Waals surface area contributed by atoms with Gasteiger partial charge in [0.1, 0.15) is 0 Å². The van der Waals surface area contributed by atoms with Gasteiger partial charge in [0, 0.05) is 0 Å². The Bertz CT molecular complexity index is 77.7. The molecule has 1 radical (unpaired) electrons. The summed E-state index contributed by atoms with van der Waals surface area (Å²) in [5.41, 5.74) is 0. The Morgan fingerprint density at radius 3 is 2.15 bits per heavy atom. The van der Waals surface area contributed by atoms with E-state index in [2.05, 4.69) is 21.9 Å². The molecule has 0 spiro atoms. The lowest BCUT2D eigenvalue weighted by atomic mass is 10.1. The molecule has 0 saturated carbocycles.